The van der Waals surface area contributed by atoms with Crippen molar-refractivity contribution < 1.29 is 14.1 Å². The van der Waals surface area contributed by atoms with Gasteiger partial charge in [0.2, 0.25) is 12.3 Å². The third-order valence-electron chi connectivity index (χ3n) is 3.97. The maximum atomic E-state index is 12.2. The van der Waals surface area contributed by atoms with Crippen molar-refractivity contribution in [2.24, 2.45) is 0 Å². The number of carbonyl (C=O) groups excluding carboxylic acids is 1. The molecule has 0 radical (unpaired) electrons. The van der Waals surface area contributed by atoms with E-state index in [0.29, 0.717) is 18.8 Å². The lowest BCUT2D eigenvalue weighted by Crippen LogP contribution is -2.28. The number of rotatable bonds is 4. The molecule has 0 aliphatic carbocycles. The molecule has 1 aromatic heterocycles. The van der Waals surface area contributed by atoms with E-state index in [2.05, 4.69) is 10.1 Å². The summed E-state index contributed by atoms with van der Waals surface area (Å²) < 4.78 is 9.92. The number of benzene rings is 1. The summed E-state index contributed by atoms with van der Waals surface area (Å²) >= 11 is 0. The second kappa shape index (κ2) is 5.55. The van der Waals surface area contributed by atoms with E-state index < -0.39 is 0 Å². The van der Waals surface area contributed by atoms with Crippen molar-refractivity contribution in [1.29, 1.82) is 0 Å². The first-order valence-corrected chi connectivity index (χ1v) is 6.88. The van der Waals surface area contributed by atoms with Crippen LogP contribution >= 0.6 is 0 Å². The Balaban J connectivity index is 1.75. The Morgan fingerprint density at radius 3 is 2.76 bits per heavy atom. The van der Waals surface area contributed by atoms with E-state index in [9.17, 15) is 4.79 Å². The van der Waals surface area contributed by atoms with E-state index in [1.54, 1.807) is 7.11 Å². The van der Waals surface area contributed by atoms with Gasteiger partial charge in [-0.1, -0.05) is 17.3 Å². The predicted molar refractivity (Wildman–Crippen MR) is 74.8 cm³/mol. The van der Waals surface area contributed by atoms with E-state index in [4.69, 9.17) is 9.26 Å². The molecule has 3 rings (SSSR count). The van der Waals surface area contributed by atoms with Crippen molar-refractivity contribution in [3.8, 4) is 5.75 Å². The molecule has 0 spiro atoms. The van der Waals surface area contributed by atoms with E-state index in [1.807, 2.05) is 36.1 Å². The minimum Gasteiger partial charge on any atom is -0.497 e. The van der Waals surface area contributed by atoms with E-state index in [0.717, 1.165) is 11.3 Å². The van der Waals surface area contributed by atoms with Crippen LogP contribution < -0.4 is 4.74 Å². The molecule has 1 aliphatic rings. The highest BCUT2D eigenvalue weighted by molar-refractivity contribution is 5.80. The number of hydrogen-bond donors (Lipinski definition) is 0. The number of aromatic nitrogens is 2. The van der Waals surface area contributed by atoms with Gasteiger partial charge in [0.25, 0.3) is 0 Å². The SMILES string of the molecule is COc1ccc(C(C)N2CC(c3ncon3)CC2=O)cc1. The average Bonchev–Trinajstić information content (AvgIpc) is 3.16. The van der Waals surface area contributed by atoms with Gasteiger partial charge in [0, 0.05) is 18.9 Å². The molecule has 1 aromatic carbocycles. The number of hydrogen-bond acceptors (Lipinski definition) is 5. The summed E-state index contributed by atoms with van der Waals surface area (Å²) in [4.78, 5) is 18.1. The highest BCUT2D eigenvalue weighted by atomic mass is 16.5. The maximum absolute atomic E-state index is 12.2. The number of methoxy groups -OCH3 is 1. The van der Waals surface area contributed by atoms with Crippen LogP contribution in [0.15, 0.2) is 35.2 Å². The van der Waals surface area contributed by atoms with Gasteiger partial charge < -0.3 is 14.2 Å². The van der Waals surface area contributed by atoms with Crippen LogP contribution in [0.3, 0.4) is 0 Å². The van der Waals surface area contributed by atoms with Crippen molar-refractivity contribution in [3.05, 3.63) is 42.0 Å². The number of nitrogens with zero attached hydrogens (tertiary/aromatic N) is 3. The zero-order valence-electron chi connectivity index (χ0n) is 12.0. The third kappa shape index (κ3) is 2.61. The molecule has 0 N–H and O–H groups in total. The lowest BCUT2D eigenvalue weighted by molar-refractivity contribution is -0.129. The van der Waals surface area contributed by atoms with Crippen LogP contribution in [0.4, 0.5) is 0 Å². The van der Waals surface area contributed by atoms with Gasteiger partial charge in [0.15, 0.2) is 5.82 Å². The minimum absolute atomic E-state index is 0.0111. The van der Waals surface area contributed by atoms with Gasteiger partial charge in [-0.3, -0.25) is 4.79 Å². The summed E-state index contributed by atoms with van der Waals surface area (Å²) in [6.07, 6.45) is 1.73. The molecule has 2 atom stereocenters. The summed E-state index contributed by atoms with van der Waals surface area (Å²) in [6.45, 7) is 2.64. The number of likely N-dealkylation sites (tertiary alicyclic amines) is 1. The van der Waals surface area contributed by atoms with Gasteiger partial charge in [-0.15, -0.1) is 0 Å². The zero-order valence-corrected chi connectivity index (χ0v) is 12.0. The lowest BCUT2D eigenvalue weighted by atomic mass is 10.1. The standard InChI is InChI=1S/C15H17N3O3/c1-10(11-3-5-13(20-2)6-4-11)18-8-12(7-14(18)19)15-16-9-21-17-15/h3-6,9-10,12H,7-8H2,1-2H3. The van der Waals surface area contributed by atoms with Crippen molar-refractivity contribution >= 4 is 5.91 Å². The molecule has 1 amide bonds. The predicted octanol–water partition coefficient (Wildman–Crippen LogP) is 2.16. The first kappa shape index (κ1) is 13.6. The second-order valence-corrected chi connectivity index (χ2v) is 5.19. The molecule has 2 unspecified atom stereocenters. The van der Waals surface area contributed by atoms with Crippen LogP contribution in [-0.4, -0.2) is 34.6 Å². The largest absolute Gasteiger partial charge is 0.497 e. The molecule has 6 heteroatoms. The molecular weight excluding hydrogens is 270 g/mol. The quantitative estimate of drug-likeness (QED) is 0.862. The summed E-state index contributed by atoms with van der Waals surface area (Å²) in [6, 6.07) is 7.79. The fourth-order valence-electron chi connectivity index (χ4n) is 2.70. The highest BCUT2D eigenvalue weighted by Crippen LogP contribution is 2.32. The van der Waals surface area contributed by atoms with Gasteiger partial charge in [0.05, 0.1) is 13.2 Å². The highest BCUT2D eigenvalue weighted by Gasteiger charge is 2.35. The van der Waals surface area contributed by atoms with Gasteiger partial charge in [-0.05, 0) is 24.6 Å². The minimum atomic E-state index is 0.0111. The summed E-state index contributed by atoms with van der Waals surface area (Å²) in [5.74, 6) is 1.54. The van der Waals surface area contributed by atoms with Crippen LogP contribution in [0.25, 0.3) is 0 Å². The van der Waals surface area contributed by atoms with Crippen molar-refractivity contribution in [1.82, 2.24) is 15.0 Å². The monoisotopic (exact) mass is 287 g/mol. The first-order chi connectivity index (χ1) is 10.2. The van der Waals surface area contributed by atoms with Crippen LogP contribution in [0, 0.1) is 0 Å². The van der Waals surface area contributed by atoms with Crippen molar-refractivity contribution in [2.75, 3.05) is 13.7 Å². The number of carbonyl (C=O) groups is 1. The van der Waals surface area contributed by atoms with Gasteiger partial charge in [-0.25, -0.2) is 0 Å². The maximum Gasteiger partial charge on any atom is 0.223 e. The molecule has 0 saturated carbocycles. The Hall–Kier alpha value is -2.37. The molecule has 2 heterocycles. The van der Waals surface area contributed by atoms with E-state index >= 15 is 0 Å². The van der Waals surface area contributed by atoms with Crippen LogP contribution in [0.2, 0.25) is 0 Å². The Morgan fingerprint density at radius 1 is 1.38 bits per heavy atom. The molecular formula is C15H17N3O3. The second-order valence-electron chi connectivity index (χ2n) is 5.19. The Labute approximate surface area is 122 Å². The number of ether oxygens (including phenoxy) is 1. The smallest absolute Gasteiger partial charge is 0.223 e. The molecule has 1 saturated heterocycles. The Kier molecular flexibility index (Phi) is 3.60. The fraction of sp³-hybridized carbons (Fsp3) is 0.400. The van der Waals surface area contributed by atoms with Gasteiger partial charge in [-0.2, -0.15) is 4.98 Å². The molecule has 1 fully saturated rings. The fourth-order valence-corrected chi connectivity index (χ4v) is 2.70. The molecule has 2 aromatic rings. The van der Waals surface area contributed by atoms with E-state index in [1.165, 1.54) is 6.39 Å². The summed E-state index contributed by atoms with van der Waals surface area (Å²) in [7, 11) is 1.64. The third-order valence-corrected chi connectivity index (χ3v) is 3.97. The summed E-state index contributed by atoms with van der Waals surface area (Å²) in [5, 5.41) is 3.84. The Bertz CT molecular complexity index is 610. The van der Waals surface area contributed by atoms with Gasteiger partial charge >= 0.3 is 0 Å². The van der Waals surface area contributed by atoms with Crippen LogP contribution in [-0.2, 0) is 4.79 Å². The molecule has 6 nitrogen and oxygen atoms in total. The van der Waals surface area contributed by atoms with Crippen LogP contribution in [0.5, 0.6) is 5.75 Å². The Morgan fingerprint density at radius 2 is 2.14 bits per heavy atom. The average molecular weight is 287 g/mol. The summed E-state index contributed by atoms with van der Waals surface area (Å²) in [5.41, 5.74) is 1.08. The lowest BCUT2D eigenvalue weighted by Gasteiger charge is -2.25. The molecule has 21 heavy (non-hydrogen) atoms. The van der Waals surface area contributed by atoms with Crippen LogP contribution in [0.1, 0.15) is 36.7 Å². The van der Waals surface area contributed by atoms with Gasteiger partial charge in [0.1, 0.15) is 5.75 Å². The van der Waals surface area contributed by atoms with E-state index in [-0.39, 0.29) is 17.9 Å². The topological polar surface area (TPSA) is 68.5 Å². The normalized spacial score (nSPS) is 19.8. The molecule has 1 aliphatic heterocycles. The molecule has 0 bridgehead atoms. The zero-order chi connectivity index (χ0) is 14.8. The number of amides is 1. The van der Waals surface area contributed by atoms with Crippen molar-refractivity contribution in [3.63, 3.8) is 0 Å². The molecule has 110 valence electrons. The van der Waals surface area contributed by atoms with Crippen molar-refractivity contribution in [2.45, 2.75) is 25.3 Å². The first-order valence-electron chi connectivity index (χ1n) is 6.88.